The van der Waals surface area contributed by atoms with E-state index in [1.165, 1.54) is 16.4 Å². The second kappa shape index (κ2) is 8.07. The van der Waals surface area contributed by atoms with Gasteiger partial charge in [0, 0.05) is 25.2 Å². The molecule has 0 atom stereocenters. The molecule has 0 saturated carbocycles. The third-order valence-corrected chi connectivity index (χ3v) is 4.66. The van der Waals surface area contributed by atoms with Crippen molar-refractivity contribution in [2.75, 3.05) is 25.9 Å². The lowest BCUT2D eigenvalue weighted by atomic mass is 10.1. The zero-order valence-corrected chi connectivity index (χ0v) is 14.3. The minimum Gasteiger partial charge on any atom is -0.478 e. The Morgan fingerprint density at radius 1 is 1.22 bits per heavy atom. The van der Waals surface area contributed by atoms with E-state index in [1.807, 2.05) is 0 Å². The summed E-state index contributed by atoms with van der Waals surface area (Å²) in [6.07, 6.45) is 1.62. The second-order valence-electron chi connectivity index (χ2n) is 5.26. The molecule has 0 aliphatic carbocycles. The fourth-order valence-electron chi connectivity index (χ4n) is 2.16. The summed E-state index contributed by atoms with van der Waals surface area (Å²) >= 11 is 0. The summed E-state index contributed by atoms with van der Waals surface area (Å²) < 4.78 is 24.2. The van der Waals surface area contributed by atoms with Gasteiger partial charge in [0.2, 0.25) is 10.0 Å². The minimum absolute atomic E-state index is 0.0596. The van der Waals surface area contributed by atoms with Gasteiger partial charge in [-0.2, -0.15) is 0 Å². The van der Waals surface area contributed by atoms with Crippen molar-refractivity contribution < 1.29 is 23.1 Å². The Morgan fingerprint density at radius 2 is 1.83 bits per heavy atom. The van der Waals surface area contributed by atoms with Crippen molar-refractivity contribution in [3.63, 3.8) is 0 Å². The van der Waals surface area contributed by atoms with Gasteiger partial charge < -0.3 is 10.4 Å². The summed E-state index contributed by atoms with van der Waals surface area (Å²) in [6.45, 7) is 4.48. The molecule has 0 aliphatic heterocycles. The van der Waals surface area contributed by atoms with Gasteiger partial charge in [0.15, 0.2) is 0 Å². The lowest BCUT2D eigenvalue weighted by Crippen LogP contribution is -2.33. The zero-order valence-electron chi connectivity index (χ0n) is 13.5. The van der Waals surface area contributed by atoms with Crippen molar-refractivity contribution in [1.82, 2.24) is 9.62 Å². The molecule has 0 unspecified atom stereocenters. The number of benzene rings is 1. The number of rotatable bonds is 8. The molecule has 0 aromatic heterocycles. The van der Waals surface area contributed by atoms with Crippen LogP contribution in [0.5, 0.6) is 0 Å². The maximum Gasteiger partial charge on any atom is 0.335 e. The number of hydrogen-bond donors (Lipinski definition) is 2. The summed E-state index contributed by atoms with van der Waals surface area (Å²) in [5.41, 5.74) is 1.02. The smallest absolute Gasteiger partial charge is 0.335 e. The van der Waals surface area contributed by atoms with Gasteiger partial charge in [-0.1, -0.05) is 6.92 Å². The van der Waals surface area contributed by atoms with Crippen LogP contribution in [0, 0.1) is 6.92 Å². The molecule has 0 radical (unpaired) electrons. The first kappa shape index (κ1) is 19.1. The lowest BCUT2D eigenvalue weighted by Gasteiger charge is -2.17. The molecular weight excluding hydrogens is 320 g/mol. The van der Waals surface area contributed by atoms with Gasteiger partial charge in [-0.3, -0.25) is 4.79 Å². The third-order valence-electron chi connectivity index (χ3n) is 3.28. The Kier molecular flexibility index (Phi) is 6.71. The number of nitrogens with zero attached hydrogens (tertiary/aromatic N) is 1. The summed E-state index contributed by atoms with van der Waals surface area (Å²) in [7, 11) is -3.23. The average Bonchev–Trinajstić information content (AvgIpc) is 2.44. The first-order valence-corrected chi connectivity index (χ1v) is 9.08. The monoisotopic (exact) mass is 342 g/mol. The standard InChI is InChI=1S/C15H22N2O5S/c1-4-17(23(3,21)22)7-5-6-16-14(18)12-8-11(2)9-13(10-12)15(19)20/h8-10H,4-7H2,1-3H3,(H,16,18)(H,19,20). The molecule has 0 heterocycles. The molecule has 0 saturated heterocycles. The van der Waals surface area contributed by atoms with Crippen molar-refractivity contribution in [2.45, 2.75) is 20.3 Å². The Bertz CT molecular complexity index is 685. The van der Waals surface area contributed by atoms with E-state index in [0.29, 0.717) is 31.6 Å². The van der Waals surface area contributed by atoms with Crippen molar-refractivity contribution in [2.24, 2.45) is 0 Å². The van der Waals surface area contributed by atoms with Gasteiger partial charge in [-0.25, -0.2) is 17.5 Å². The van der Waals surface area contributed by atoms with E-state index in [4.69, 9.17) is 5.11 Å². The van der Waals surface area contributed by atoms with Crippen LogP contribution in [0.4, 0.5) is 0 Å². The topological polar surface area (TPSA) is 104 Å². The summed E-state index contributed by atoms with van der Waals surface area (Å²) in [4.78, 5) is 23.0. The highest BCUT2D eigenvalue weighted by molar-refractivity contribution is 7.88. The Labute approximate surface area is 136 Å². The van der Waals surface area contributed by atoms with Crippen LogP contribution in [0.25, 0.3) is 0 Å². The van der Waals surface area contributed by atoms with Gasteiger partial charge in [-0.05, 0) is 37.1 Å². The highest BCUT2D eigenvalue weighted by Gasteiger charge is 2.14. The molecule has 7 nitrogen and oxygen atoms in total. The van der Waals surface area contributed by atoms with Crippen LogP contribution in [-0.4, -0.2) is 55.6 Å². The van der Waals surface area contributed by atoms with Crippen LogP contribution in [-0.2, 0) is 10.0 Å². The first-order chi connectivity index (χ1) is 10.6. The Hall–Kier alpha value is -1.93. The Balaban J connectivity index is 2.59. The number of nitrogens with one attached hydrogen (secondary N) is 1. The maximum absolute atomic E-state index is 12.0. The number of aromatic carboxylic acids is 1. The van der Waals surface area contributed by atoms with Crippen molar-refractivity contribution >= 4 is 21.9 Å². The normalized spacial score (nSPS) is 11.5. The molecule has 8 heteroatoms. The van der Waals surface area contributed by atoms with E-state index in [-0.39, 0.29) is 17.0 Å². The predicted molar refractivity (Wildman–Crippen MR) is 87.2 cm³/mol. The van der Waals surface area contributed by atoms with Crippen LogP contribution in [0.2, 0.25) is 0 Å². The molecule has 0 fully saturated rings. The van der Waals surface area contributed by atoms with Crippen LogP contribution >= 0.6 is 0 Å². The number of aryl methyl sites for hydroxylation is 1. The summed E-state index contributed by atoms with van der Waals surface area (Å²) in [5, 5.41) is 11.7. The molecular formula is C15H22N2O5S. The fraction of sp³-hybridized carbons (Fsp3) is 0.467. The highest BCUT2D eigenvalue weighted by Crippen LogP contribution is 2.10. The van der Waals surface area contributed by atoms with Crippen LogP contribution in [0.15, 0.2) is 18.2 Å². The number of amides is 1. The molecule has 0 aliphatic rings. The van der Waals surface area contributed by atoms with E-state index >= 15 is 0 Å². The fourth-order valence-corrected chi connectivity index (χ4v) is 3.09. The van der Waals surface area contributed by atoms with Crippen LogP contribution in [0.1, 0.15) is 39.6 Å². The molecule has 1 amide bonds. The number of carbonyl (C=O) groups excluding carboxylic acids is 1. The van der Waals surface area contributed by atoms with Gasteiger partial charge in [0.25, 0.3) is 5.91 Å². The summed E-state index contributed by atoms with van der Waals surface area (Å²) in [5.74, 6) is -1.46. The molecule has 0 bridgehead atoms. The molecule has 1 aromatic rings. The minimum atomic E-state index is -3.23. The van der Waals surface area contributed by atoms with Crippen LogP contribution < -0.4 is 5.32 Å². The molecule has 1 rings (SSSR count). The van der Waals surface area contributed by atoms with Gasteiger partial charge in [0.05, 0.1) is 11.8 Å². The summed E-state index contributed by atoms with van der Waals surface area (Å²) in [6, 6.07) is 4.42. The number of carboxylic acid groups (broad SMARTS) is 1. The SMILES string of the molecule is CCN(CCCNC(=O)c1cc(C)cc(C(=O)O)c1)S(C)(=O)=O. The van der Waals surface area contributed by atoms with E-state index in [0.717, 1.165) is 6.26 Å². The largest absolute Gasteiger partial charge is 0.478 e. The van der Waals surface area contributed by atoms with Crippen molar-refractivity contribution in [3.8, 4) is 0 Å². The number of hydrogen-bond acceptors (Lipinski definition) is 4. The van der Waals surface area contributed by atoms with Crippen molar-refractivity contribution in [1.29, 1.82) is 0 Å². The molecule has 23 heavy (non-hydrogen) atoms. The maximum atomic E-state index is 12.0. The van der Waals surface area contributed by atoms with Gasteiger partial charge >= 0.3 is 5.97 Å². The third kappa shape index (κ3) is 5.99. The van der Waals surface area contributed by atoms with E-state index < -0.39 is 16.0 Å². The first-order valence-electron chi connectivity index (χ1n) is 7.23. The highest BCUT2D eigenvalue weighted by atomic mass is 32.2. The predicted octanol–water partition coefficient (Wildman–Crippen LogP) is 1.09. The van der Waals surface area contributed by atoms with Gasteiger partial charge in [0.1, 0.15) is 0 Å². The zero-order chi connectivity index (χ0) is 17.6. The lowest BCUT2D eigenvalue weighted by molar-refractivity contribution is 0.0696. The molecule has 2 N–H and O–H groups in total. The molecule has 0 spiro atoms. The second-order valence-corrected chi connectivity index (χ2v) is 7.24. The number of carbonyl (C=O) groups is 2. The van der Waals surface area contributed by atoms with Crippen LogP contribution in [0.3, 0.4) is 0 Å². The van der Waals surface area contributed by atoms with Crippen molar-refractivity contribution in [3.05, 3.63) is 34.9 Å². The number of carboxylic acids is 1. The van der Waals surface area contributed by atoms with E-state index in [9.17, 15) is 18.0 Å². The average molecular weight is 342 g/mol. The number of sulfonamides is 1. The van der Waals surface area contributed by atoms with E-state index in [1.54, 1.807) is 19.9 Å². The molecule has 1 aromatic carbocycles. The Morgan fingerprint density at radius 3 is 2.35 bits per heavy atom. The van der Waals surface area contributed by atoms with Gasteiger partial charge in [-0.15, -0.1) is 0 Å². The molecule has 128 valence electrons. The van der Waals surface area contributed by atoms with E-state index in [2.05, 4.69) is 5.32 Å². The quantitative estimate of drug-likeness (QED) is 0.688.